The summed E-state index contributed by atoms with van der Waals surface area (Å²) < 4.78 is 25.1. The first-order valence-electron chi connectivity index (χ1n) is 9.35. The smallest absolute Gasteiger partial charge is 0.230 e. The molecule has 3 rings (SSSR count). The lowest BCUT2D eigenvalue weighted by Gasteiger charge is -2.29. The lowest BCUT2D eigenvalue weighted by Crippen LogP contribution is -2.41. The second-order valence-corrected chi connectivity index (χ2v) is 10.8. The van der Waals surface area contributed by atoms with Crippen LogP contribution >= 0.6 is 11.8 Å². The van der Waals surface area contributed by atoms with Crippen molar-refractivity contribution in [1.82, 2.24) is 20.1 Å². The van der Waals surface area contributed by atoms with E-state index in [4.69, 9.17) is 0 Å². The second-order valence-electron chi connectivity index (χ2n) is 7.66. The molecule has 1 saturated carbocycles. The highest BCUT2D eigenvalue weighted by molar-refractivity contribution is 7.99. The van der Waals surface area contributed by atoms with Gasteiger partial charge in [-0.1, -0.05) is 31.5 Å². The Labute approximate surface area is 159 Å². The first-order chi connectivity index (χ1) is 12.3. The van der Waals surface area contributed by atoms with E-state index in [1.54, 1.807) is 0 Å². The summed E-state index contributed by atoms with van der Waals surface area (Å²) in [6.07, 6.45) is 6.00. The van der Waals surface area contributed by atoms with Crippen molar-refractivity contribution in [2.45, 2.75) is 56.6 Å². The molecule has 1 saturated heterocycles. The Morgan fingerprint density at radius 1 is 1.27 bits per heavy atom. The maximum absolute atomic E-state index is 12.2. The average molecular weight is 401 g/mol. The predicted octanol–water partition coefficient (Wildman–Crippen LogP) is 1.58. The molecule has 0 unspecified atom stereocenters. The molecule has 2 heterocycles. The molecule has 1 amide bonds. The fraction of sp³-hybridized carbons (Fsp3) is 0.824. The lowest BCUT2D eigenvalue weighted by molar-refractivity contribution is -0.119. The largest absolute Gasteiger partial charge is 0.352 e. The number of sulfone groups is 1. The number of rotatable bonds is 6. The Hall–Kier alpha value is -1.09. The van der Waals surface area contributed by atoms with Crippen LogP contribution in [0.3, 0.4) is 0 Å². The fourth-order valence-corrected chi connectivity index (χ4v) is 6.45. The standard InChI is InChI=1S/C17H28N4O3S2/c1-12-5-3-4-6-14(12)18-16(22)10-25-17-20-19-15(21(17)2)9-13-7-8-26(23,24)11-13/h12-14H,3-11H2,1-2H3,(H,18,22)/t12-,13+,14-/m1/s1. The van der Waals surface area contributed by atoms with Crippen molar-refractivity contribution < 1.29 is 13.2 Å². The molecule has 1 N–H and O–H groups in total. The summed E-state index contributed by atoms with van der Waals surface area (Å²) in [5.41, 5.74) is 0. The minimum absolute atomic E-state index is 0.0418. The zero-order chi connectivity index (χ0) is 18.7. The molecule has 0 radical (unpaired) electrons. The van der Waals surface area contributed by atoms with Crippen LogP contribution in [0.25, 0.3) is 0 Å². The number of nitrogens with zero attached hydrogens (tertiary/aromatic N) is 3. The van der Waals surface area contributed by atoms with E-state index in [9.17, 15) is 13.2 Å². The molecule has 2 aliphatic rings. The van der Waals surface area contributed by atoms with Gasteiger partial charge in [0.2, 0.25) is 5.91 Å². The van der Waals surface area contributed by atoms with Crippen molar-refractivity contribution in [3.8, 4) is 0 Å². The van der Waals surface area contributed by atoms with Gasteiger partial charge >= 0.3 is 0 Å². The summed E-state index contributed by atoms with van der Waals surface area (Å²) in [7, 11) is -1.00. The van der Waals surface area contributed by atoms with E-state index in [1.807, 2.05) is 11.6 Å². The molecule has 0 aromatic carbocycles. The van der Waals surface area contributed by atoms with E-state index in [0.717, 1.165) is 12.2 Å². The van der Waals surface area contributed by atoms with Crippen molar-refractivity contribution in [1.29, 1.82) is 0 Å². The summed E-state index contributed by atoms with van der Waals surface area (Å²) in [4.78, 5) is 12.2. The highest BCUT2D eigenvalue weighted by Gasteiger charge is 2.29. The first-order valence-corrected chi connectivity index (χ1v) is 12.2. The molecule has 9 heteroatoms. The van der Waals surface area contributed by atoms with Gasteiger partial charge in [-0.3, -0.25) is 4.79 Å². The highest BCUT2D eigenvalue weighted by atomic mass is 32.2. The molecule has 0 bridgehead atoms. The summed E-state index contributed by atoms with van der Waals surface area (Å²) in [5.74, 6) is 2.34. The quantitative estimate of drug-likeness (QED) is 0.729. The molecule has 26 heavy (non-hydrogen) atoms. The number of carbonyl (C=O) groups excluding carboxylic acids is 1. The van der Waals surface area contributed by atoms with Gasteiger partial charge in [0.05, 0.1) is 17.3 Å². The molecule has 146 valence electrons. The molecule has 1 aliphatic heterocycles. The van der Waals surface area contributed by atoms with Gasteiger partial charge in [-0.05, 0) is 31.1 Å². The first kappa shape index (κ1) is 19.7. The number of hydrogen-bond acceptors (Lipinski definition) is 6. The normalized spacial score (nSPS) is 28.2. The number of hydrogen-bond donors (Lipinski definition) is 1. The molecule has 1 aromatic rings. The van der Waals surface area contributed by atoms with Crippen LogP contribution in [0.4, 0.5) is 0 Å². The molecule has 3 atom stereocenters. The monoisotopic (exact) mass is 400 g/mol. The van der Waals surface area contributed by atoms with E-state index in [0.29, 0.717) is 29.7 Å². The van der Waals surface area contributed by atoms with Gasteiger partial charge in [0.1, 0.15) is 5.82 Å². The minimum atomic E-state index is -2.88. The zero-order valence-electron chi connectivity index (χ0n) is 15.5. The van der Waals surface area contributed by atoms with E-state index in [-0.39, 0.29) is 29.4 Å². The number of aromatic nitrogens is 3. The van der Waals surface area contributed by atoms with E-state index in [1.165, 1.54) is 31.0 Å². The maximum atomic E-state index is 12.2. The Balaban J connectivity index is 1.49. The predicted molar refractivity (Wildman–Crippen MR) is 102 cm³/mol. The Morgan fingerprint density at radius 3 is 2.73 bits per heavy atom. The fourth-order valence-electron chi connectivity index (χ4n) is 3.85. The van der Waals surface area contributed by atoms with Crippen molar-refractivity contribution in [2.75, 3.05) is 17.3 Å². The lowest BCUT2D eigenvalue weighted by atomic mass is 9.86. The van der Waals surface area contributed by atoms with E-state index in [2.05, 4.69) is 22.4 Å². The molecule has 7 nitrogen and oxygen atoms in total. The van der Waals surface area contributed by atoms with Crippen LogP contribution in [0.2, 0.25) is 0 Å². The van der Waals surface area contributed by atoms with Crippen LogP contribution in [0.1, 0.15) is 44.9 Å². The number of amides is 1. The number of nitrogens with one attached hydrogen (secondary N) is 1. The van der Waals surface area contributed by atoms with Crippen LogP contribution in [0.15, 0.2) is 5.16 Å². The Morgan fingerprint density at radius 2 is 2.04 bits per heavy atom. The van der Waals surface area contributed by atoms with Crippen molar-refractivity contribution in [3.05, 3.63) is 5.82 Å². The SMILES string of the molecule is C[C@@H]1CCCC[C@H]1NC(=O)CSc1nnc(C[C@@H]2CCS(=O)(=O)C2)n1C. The molecule has 1 aromatic heterocycles. The number of thioether (sulfide) groups is 1. The molecular weight excluding hydrogens is 372 g/mol. The van der Waals surface area contributed by atoms with Gasteiger partial charge in [0, 0.05) is 19.5 Å². The molecule has 2 fully saturated rings. The third-order valence-electron chi connectivity index (χ3n) is 5.51. The van der Waals surface area contributed by atoms with Crippen molar-refractivity contribution >= 4 is 27.5 Å². The van der Waals surface area contributed by atoms with Gasteiger partial charge in [-0.2, -0.15) is 0 Å². The second kappa shape index (κ2) is 8.29. The summed E-state index contributed by atoms with van der Waals surface area (Å²) in [5, 5.41) is 12.2. The molecular formula is C17H28N4O3S2. The van der Waals surface area contributed by atoms with Crippen LogP contribution in [0.5, 0.6) is 0 Å². The highest BCUT2D eigenvalue weighted by Crippen LogP contribution is 2.25. The third-order valence-corrected chi connectivity index (χ3v) is 8.37. The van der Waals surface area contributed by atoms with Crippen LogP contribution in [-0.4, -0.2) is 52.4 Å². The third kappa shape index (κ3) is 5.00. The van der Waals surface area contributed by atoms with Gasteiger partial charge in [-0.15, -0.1) is 10.2 Å². The van der Waals surface area contributed by atoms with Crippen molar-refractivity contribution in [3.63, 3.8) is 0 Å². The molecule has 0 spiro atoms. The van der Waals surface area contributed by atoms with Crippen molar-refractivity contribution in [2.24, 2.45) is 18.9 Å². The summed E-state index contributed by atoms with van der Waals surface area (Å²) >= 11 is 1.38. The van der Waals surface area contributed by atoms with E-state index >= 15 is 0 Å². The maximum Gasteiger partial charge on any atom is 0.230 e. The van der Waals surface area contributed by atoms with Gasteiger partial charge in [-0.25, -0.2) is 8.42 Å². The van der Waals surface area contributed by atoms with Gasteiger partial charge in [0.25, 0.3) is 0 Å². The number of carbonyl (C=O) groups is 1. The van der Waals surface area contributed by atoms with E-state index < -0.39 is 9.84 Å². The molecule has 1 aliphatic carbocycles. The summed E-state index contributed by atoms with van der Waals surface area (Å²) in [6, 6.07) is 0.288. The Bertz CT molecular complexity index is 747. The average Bonchev–Trinajstić information content (AvgIpc) is 3.11. The van der Waals surface area contributed by atoms with Crippen LogP contribution in [0, 0.1) is 11.8 Å². The van der Waals surface area contributed by atoms with Gasteiger partial charge in [0.15, 0.2) is 15.0 Å². The van der Waals surface area contributed by atoms with Crippen LogP contribution < -0.4 is 5.32 Å². The minimum Gasteiger partial charge on any atom is -0.352 e. The Kier molecular flexibility index (Phi) is 6.27. The van der Waals surface area contributed by atoms with Gasteiger partial charge < -0.3 is 9.88 Å². The zero-order valence-corrected chi connectivity index (χ0v) is 17.1. The van der Waals surface area contributed by atoms with Crippen LogP contribution in [-0.2, 0) is 28.1 Å². The summed E-state index contributed by atoms with van der Waals surface area (Å²) in [6.45, 7) is 2.20. The topological polar surface area (TPSA) is 94.0 Å².